The van der Waals surface area contributed by atoms with Gasteiger partial charge < -0.3 is 10.5 Å². The molecule has 1 atom stereocenters. The zero-order valence-electron chi connectivity index (χ0n) is 9.80. The number of H-pyrrole nitrogens is 1. The van der Waals surface area contributed by atoms with E-state index in [0.29, 0.717) is 5.65 Å². The molecular weight excluding hydrogens is 222 g/mol. The maximum Gasteiger partial charge on any atom is 0.280 e. The molecule has 2 rings (SSSR count). The minimum absolute atomic E-state index is 0.0793. The van der Waals surface area contributed by atoms with Crippen LogP contribution in [-0.4, -0.2) is 26.6 Å². The molecular formula is C10H15N5O2. The number of nitrogen functional groups attached to an aromatic ring is 1. The Kier molecular flexibility index (Phi) is 3.10. The molecule has 0 amide bonds. The van der Waals surface area contributed by atoms with E-state index in [1.807, 2.05) is 0 Å². The summed E-state index contributed by atoms with van der Waals surface area (Å²) in [5.41, 5.74) is 5.91. The SMILES string of the molecule is CCCC(OC)n1cnc2c(=O)[nH]c(N)nc21. The molecule has 17 heavy (non-hydrogen) atoms. The first-order valence-corrected chi connectivity index (χ1v) is 5.42. The lowest BCUT2D eigenvalue weighted by molar-refractivity contribution is 0.0391. The maximum atomic E-state index is 11.6. The fourth-order valence-electron chi connectivity index (χ4n) is 1.77. The van der Waals surface area contributed by atoms with Crippen LogP contribution in [0.4, 0.5) is 5.95 Å². The standard InChI is InChI=1S/C10H15N5O2/c1-3-4-6(17-2)15-5-12-7-8(15)13-10(11)14-9(7)16/h5-6H,3-4H2,1-2H3,(H3,11,13,14,16). The van der Waals surface area contributed by atoms with E-state index in [0.717, 1.165) is 12.8 Å². The number of nitrogens with zero attached hydrogens (tertiary/aromatic N) is 3. The summed E-state index contributed by atoms with van der Waals surface area (Å²) in [6.07, 6.45) is 3.14. The number of methoxy groups -OCH3 is 1. The lowest BCUT2D eigenvalue weighted by Crippen LogP contribution is -2.15. The Bertz CT molecular complexity index is 574. The number of aromatic amines is 1. The summed E-state index contributed by atoms with van der Waals surface area (Å²) in [4.78, 5) is 22.1. The first-order chi connectivity index (χ1) is 8.17. The lowest BCUT2D eigenvalue weighted by Gasteiger charge is -2.16. The van der Waals surface area contributed by atoms with Crippen LogP contribution < -0.4 is 11.3 Å². The summed E-state index contributed by atoms with van der Waals surface area (Å²) in [5, 5.41) is 0. The Morgan fingerprint density at radius 2 is 2.41 bits per heavy atom. The van der Waals surface area contributed by atoms with Crippen LogP contribution in [0.1, 0.15) is 26.0 Å². The van der Waals surface area contributed by atoms with Gasteiger partial charge in [0.1, 0.15) is 6.23 Å². The quantitative estimate of drug-likeness (QED) is 0.813. The van der Waals surface area contributed by atoms with E-state index in [4.69, 9.17) is 10.5 Å². The van der Waals surface area contributed by atoms with Gasteiger partial charge in [0.05, 0.1) is 6.33 Å². The summed E-state index contributed by atoms with van der Waals surface area (Å²) in [6, 6.07) is 0. The van der Waals surface area contributed by atoms with Crippen molar-refractivity contribution in [2.45, 2.75) is 26.0 Å². The van der Waals surface area contributed by atoms with Crippen molar-refractivity contribution in [2.75, 3.05) is 12.8 Å². The summed E-state index contributed by atoms with van der Waals surface area (Å²) in [6.45, 7) is 2.06. The predicted molar refractivity (Wildman–Crippen MR) is 63.5 cm³/mol. The molecule has 0 bridgehead atoms. The molecule has 0 aliphatic carbocycles. The van der Waals surface area contributed by atoms with Crippen molar-refractivity contribution in [1.29, 1.82) is 0 Å². The largest absolute Gasteiger partial charge is 0.369 e. The number of hydrogen-bond donors (Lipinski definition) is 2. The van der Waals surface area contributed by atoms with E-state index in [2.05, 4.69) is 21.9 Å². The molecule has 0 fully saturated rings. The van der Waals surface area contributed by atoms with Crippen molar-refractivity contribution < 1.29 is 4.74 Å². The number of anilines is 1. The van der Waals surface area contributed by atoms with Crippen LogP contribution in [0.5, 0.6) is 0 Å². The summed E-state index contributed by atoms with van der Waals surface area (Å²) in [7, 11) is 1.61. The Morgan fingerprint density at radius 1 is 1.65 bits per heavy atom. The zero-order chi connectivity index (χ0) is 12.4. The van der Waals surface area contributed by atoms with E-state index in [1.165, 1.54) is 0 Å². The fraction of sp³-hybridized carbons (Fsp3) is 0.500. The predicted octanol–water partition coefficient (Wildman–Crippen LogP) is 0.647. The molecule has 1 unspecified atom stereocenters. The molecule has 7 heteroatoms. The first-order valence-electron chi connectivity index (χ1n) is 5.42. The third-order valence-electron chi connectivity index (χ3n) is 2.57. The molecule has 92 valence electrons. The Balaban J connectivity index is 2.58. The molecule has 2 aromatic heterocycles. The number of hydrogen-bond acceptors (Lipinski definition) is 5. The van der Waals surface area contributed by atoms with Gasteiger partial charge in [0.2, 0.25) is 5.95 Å². The third kappa shape index (κ3) is 2.01. The monoisotopic (exact) mass is 237 g/mol. The average molecular weight is 237 g/mol. The van der Waals surface area contributed by atoms with Crippen molar-refractivity contribution >= 4 is 17.1 Å². The number of nitrogens with one attached hydrogen (secondary N) is 1. The van der Waals surface area contributed by atoms with Crippen molar-refractivity contribution in [3.63, 3.8) is 0 Å². The van der Waals surface area contributed by atoms with E-state index in [9.17, 15) is 4.79 Å². The van der Waals surface area contributed by atoms with Crippen LogP contribution in [0.25, 0.3) is 11.2 Å². The Labute approximate surface area is 97.6 Å². The summed E-state index contributed by atoms with van der Waals surface area (Å²) in [5.74, 6) is 0.0793. The number of imidazole rings is 1. The smallest absolute Gasteiger partial charge is 0.280 e. The second-order valence-electron chi connectivity index (χ2n) is 3.75. The van der Waals surface area contributed by atoms with E-state index in [1.54, 1.807) is 18.0 Å². The first kappa shape index (κ1) is 11.6. The zero-order valence-corrected chi connectivity index (χ0v) is 9.80. The van der Waals surface area contributed by atoms with Crippen LogP contribution in [0.2, 0.25) is 0 Å². The highest BCUT2D eigenvalue weighted by Crippen LogP contribution is 2.18. The van der Waals surface area contributed by atoms with Gasteiger partial charge in [-0.1, -0.05) is 13.3 Å². The Morgan fingerprint density at radius 3 is 3.06 bits per heavy atom. The number of nitrogens with two attached hydrogens (primary N) is 1. The number of rotatable bonds is 4. The van der Waals surface area contributed by atoms with Gasteiger partial charge in [0.15, 0.2) is 11.2 Å². The summed E-state index contributed by atoms with van der Waals surface area (Å²) < 4.78 is 7.08. The minimum atomic E-state index is -0.336. The second-order valence-corrected chi connectivity index (χ2v) is 3.75. The number of aromatic nitrogens is 4. The number of ether oxygens (including phenoxy) is 1. The van der Waals surface area contributed by atoms with Crippen molar-refractivity contribution in [3.05, 3.63) is 16.7 Å². The lowest BCUT2D eigenvalue weighted by atomic mass is 10.3. The maximum absolute atomic E-state index is 11.6. The van der Waals surface area contributed by atoms with Gasteiger partial charge in [0.25, 0.3) is 5.56 Å². The molecule has 0 saturated heterocycles. The number of fused-ring (bicyclic) bond motifs is 1. The molecule has 0 aliphatic heterocycles. The Hall–Kier alpha value is -1.89. The van der Waals surface area contributed by atoms with E-state index >= 15 is 0 Å². The van der Waals surface area contributed by atoms with E-state index in [-0.39, 0.29) is 23.3 Å². The molecule has 0 radical (unpaired) electrons. The van der Waals surface area contributed by atoms with Gasteiger partial charge in [-0.15, -0.1) is 0 Å². The minimum Gasteiger partial charge on any atom is -0.369 e. The second kappa shape index (κ2) is 4.54. The van der Waals surface area contributed by atoms with Gasteiger partial charge in [0, 0.05) is 7.11 Å². The van der Waals surface area contributed by atoms with Crippen molar-refractivity contribution in [3.8, 4) is 0 Å². The molecule has 0 saturated carbocycles. The van der Waals surface area contributed by atoms with Gasteiger partial charge >= 0.3 is 0 Å². The average Bonchev–Trinajstić information content (AvgIpc) is 2.69. The van der Waals surface area contributed by atoms with Gasteiger partial charge in [-0.2, -0.15) is 4.98 Å². The highest BCUT2D eigenvalue weighted by Gasteiger charge is 2.15. The van der Waals surface area contributed by atoms with Crippen LogP contribution in [-0.2, 0) is 4.74 Å². The molecule has 0 spiro atoms. The van der Waals surface area contributed by atoms with Crippen molar-refractivity contribution in [1.82, 2.24) is 19.5 Å². The molecule has 3 N–H and O–H groups in total. The topological polar surface area (TPSA) is 98.8 Å². The van der Waals surface area contributed by atoms with Gasteiger partial charge in [-0.05, 0) is 6.42 Å². The van der Waals surface area contributed by atoms with Gasteiger partial charge in [-0.3, -0.25) is 14.3 Å². The third-order valence-corrected chi connectivity index (χ3v) is 2.57. The molecule has 0 aromatic carbocycles. The van der Waals surface area contributed by atoms with E-state index < -0.39 is 0 Å². The normalized spacial score (nSPS) is 13.1. The van der Waals surface area contributed by atoms with Crippen molar-refractivity contribution in [2.24, 2.45) is 0 Å². The molecule has 0 aliphatic rings. The van der Waals surface area contributed by atoms with Crippen LogP contribution in [0.15, 0.2) is 11.1 Å². The molecule has 2 heterocycles. The molecule has 2 aromatic rings. The molecule has 7 nitrogen and oxygen atoms in total. The fourth-order valence-corrected chi connectivity index (χ4v) is 1.77. The van der Waals surface area contributed by atoms with Crippen LogP contribution >= 0.6 is 0 Å². The van der Waals surface area contributed by atoms with Crippen LogP contribution in [0.3, 0.4) is 0 Å². The summed E-state index contributed by atoms with van der Waals surface area (Å²) >= 11 is 0. The van der Waals surface area contributed by atoms with Gasteiger partial charge in [-0.25, -0.2) is 4.98 Å². The van der Waals surface area contributed by atoms with Crippen LogP contribution in [0, 0.1) is 0 Å². The highest BCUT2D eigenvalue weighted by atomic mass is 16.5. The highest BCUT2D eigenvalue weighted by molar-refractivity contribution is 5.70.